The normalized spacial score (nSPS) is 10.3. The van der Waals surface area contributed by atoms with E-state index in [-0.39, 0.29) is 5.91 Å². The highest BCUT2D eigenvalue weighted by Crippen LogP contribution is 2.04. The molecule has 1 N–H and O–H groups in total. The van der Waals surface area contributed by atoms with Crippen molar-refractivity contribution in [3.8, 4) is 0 Å². The minimum Gasteiger partial charge on any atom is -0.369 e. The highest BCUT2D eigenvalue weighted by Gasteiger charge is 2.09. The van der Waals surface area contributed by atoms with Crippen LogP contribution in [0.1, 0.15) is 16.9 Å². The average Bonchev–Trinajstić information content (AvgIpc) is 2.96. The van der Waals surface area contributed by atoms with Gasteiger partial charge < -0.3 is 14.8 Å². The first kappa shape index (κ1) is 14.0. The molecule has 2 aromatic rings. The number of hydrogen-bond donors (Lipinski definition) is 1. The summed E-state index contributed by atoms with van der Waals surface area (Å²) in [6.45, 7) is 1.69. The Morgan fingerprint density at radius 2 is 2.20 bits per heavy atom. The number of imidazole rings is 1. The number of aryl methyl sites for hydroxylation is 1. The van der Waals surface area contributed by atoms with Gasteiger partial charge in [-0.1, -0.05) is 0 Å². The summed E-state index contributed by atoms with van der Waals surface area (Å²) in [6, 6.07) is 3.44. The molecular weight excluding hydrogens is 256 g/mol. The molecule has 106 valence electrons. The third-order valence-electron chi connectivity index (χ3n) is 2.75. The Kier molecular flexibility index (Phi) is 4.65. The molecule has 2 rings (SSSR count). The van der Waals surface area contributed by atoms with Crippen molar-refractivity contribution in [3.05, 3.63) is 36.5 Å². The van der Waals surface area contributed by atoms with Crippen LogP contribution in [0.4, 0.5) is 5.82 Å². The van der Waals surface area contributed by atoms with Crippen LogP contribution in [0.15, 0.2) is 30.9 Å². The van der Waals surface area contributed by atoms with Gasteiger partial charge in [-0.2, -0.15) is 0 Å². The number of carbonyl (C=O) groups excluding carboxylic acids is 1. The van der Waals surface area contributed by atoms with Crippen LogP contribution in [0.3, 0.4) is 0 Å². The summed E-state index contributed by atoms with van der Waals surface area (Å²) in [5.41, 5.74) is 0.346. The highest BCUT2D eigenvalue weighted by molar-refractivity contribution is 5.91. The molecule has 1 amide bonds. The summed E-state index contributed by atoms with van der Waals surface area (Å²) in [6.07, 6.45) is 6.44. The molecule has 7 heteroatoms. The molecule has 0 fully saturated rings. The maximum atomic E-state index is 11.6. The van der Waals surface area contributed by atoms with E-state index in [0.717, 1.165) is 19.5 Å². The monoisotopic (exact) mass is 274 g/mol. The summed E-state index contributed by atoms with van der Waals surface area (Å²) in [5, 5.41) is 11.1. The first-order valence-electron chi connectivity index (χ1n) is 6.42. The maximum Gasteiger partial charge on any atom is 0.273 e. The zero-order valence-corrected chi connectivity index (χ0v) is 11.7. The third kappa shape index (κ3) is 3.78. The van der Waals surface area contributed by atoms with E-state index in [9.17, 15) is 4.79 Å². The van der Waals surface area contributed by atoms with Crippen LogP contribution in [0.2, 0.25) is 0 Å². The molecule has 0 saturated heterocycles. The summed E-state index contributed by atoms with van der Waals surface area (Å²) in [5.74, 6) is 0.523. The quantitative estimate of drug-likeness (QED) is 0.791. The predicted octanol–water partition coefficient (Wildman–Crippen LogP) is 0.877. The van der Waals surface area contributed by atoms with E-state index >= 15 is 0 Å². The minimum absolute atomic E-state index is 0.149. The number of amides is 1. The Hall–Kier alpha value is -2.44. The molecule has 0 aliphatic rings. The van der Waals surface area contributed by atoms with E-state index in [0.29, 0.717) is 11.5 Å². The van der Waals surface area contributed by atoms with E-state index in [4.69, 9.17) is 0 Å². The summed E-state index contributed by atoms with van der Waals surface area (Å²) in [7, 11) is 3.37. The fourth-order valence-electron chi connectivity index (χ4n) is 1.67. The second-order valence-corrected chi connectivity index (χ2v) is 4.58. The Morgan fingerprint density at radius 1 is 1.35 bits per heavy atom. The van der Waals surface area contributed by atoms with Gasteiger partial charge in [0.2, 0.25) is 0 Å². The Morgan fingerprint density at radius 3 is 2.80 bits per heavy atom. The molecule has 0 spiro atoms. The number of anilines is 1. The molecule has 0 radical (unpaired) electrons. The van der Waals surface area contributed by atoms with Gasteiger partial charge >= 0.3 is 0 Å². The first-order chi connectivity index (χ1) is 9.66. The molecule has 0 unspecified atom stereocenters. The SMILES string of the molecule is CN(C)C(=O)c1ccc(NCCCn2ccnc2)nn1. The molecule has 0 saturated carbocycles. The van der Waals surface area contributed by atoms with Crippen LogP contribution in [0, 0.1) is 0 Å². The Balaban J connectivity index is 1.77. The van der Waals surface area contributed by atoms with Crippen molar-refractivity contribution in [2.75, 3.05) is 26.0 Å². The van der Waals surface area contributed by atoms with Crippen LogP contribution in [-0.2, 0) is 6.54 Å². The van der Waals surface area contributed by atoms with Crippen molar-refractivity contribution >= 4 is 11.7 Å². The third-order valence-corrected chi connectivity index (χ3v) is 2.75. The van der Waals surface area contributed by atoms with Gasteiger partial charge in [0, 0.05) is 39.6 Å². The van der Waals surface area contributed by atoms with Crippen molar-refractivity contribution in [1.29, 1.82) is 0 Å². The van der Waals surface area contributed by atoms with Crippen molar-refractivity contribution in [2.24, 2.45) is 0 Å². The lowest BCUT2D eigenvalue weighted by Crippen LogP contribution is -2.23. The predicted molar refractivity (Wildman–Crippen MR) is 75.4 cm³/mol. The molecule has 2 heterocycles. The number of aromatic nitrogens is 4. The molecular formula is C13H18N6O. The molecule has 20 heavy (non-hydrogen) atoms. The van der Waals surface area contributed by atoms with E-state index < -0.39 is 0 Å². The zero-order chi connectivity index (χ0) is 14.4. The van der Waals surface area contributed by atoms with Crippen LogP contribution < -0.4 is 5.32 Å². The fourth-order valence-corrected chi connectivity index (χ4v) is 1.67. The van der Waals surface area contributed by atoms with Gasteiger partial charge in [-0.25, -0.2) is 4.98 Å². The van der Waals surface area contributed by atoms with Gasteiger partial charge in [-0.15, -0.1) is 10.2 Å². The van der Waals surface area contributed by atoms with Crippen LogP contribution in [-0.4, -0.2) is 51.2 Å². The second-order valence-electron chi connectivity index (χ2n) is 4.58. The van der Waals surface area contributed by atoms with Gasteiger partial charge in [0.25, 0.3) is 5.91 Å². The van der Waals surface area contributed by atoms with Gasteiger partial charge in [-0.3, -0.25) is 4.79 Å². The molecule has 0 aliphatic heterocycles. The number of hydrogen-bond acceptors (Lipinski definition) is 5. The summed E-state index contributed by atoms with van der Waals surface area (Å²) in [4.78, 5) is 17.1. The largest absolute Gasteiger partial charge is 0.369 e. The summed E-state index contributed by atoms with van der Waals surface area (Å²) >= 11 is 0. The van der Waals surface area contributed by atoms with Gasteiger partial charge in [0.15, 0.2) is 5.69 Å². The molecule has 0 atom stereocenters. The minimum atomic E-state index is -0.149. The smallest absolute Gasteiger partial charge is 0.273 e. The first-order valence-corrected chi connectivity index (χ1v) is 6.42. The number of rotatable bonds is 6. The van der Waals surface area contributed by atoms with E-state index in [1.807, 2.05) is 10.8 Å². The van der Waals surface area contributed by atoms with Crippen LogP contribution >= 0.6 is 0 Å². The Labute approximate surface area is 117 Å². The molecule has 0 bridgehead atoms. The maximum absolute atomic E-state index is 11.6. The van der Waals surface area contributed by atoms with Crippen molar-refractivity contribution in [3.63, 3.8) is 0 Å². The summed E-state index contributed by atoms with van der Waals surface area (Å²) < 4.78 is 2.02. The lowest BCUT2D eigenvalue weighted by Gasteiger charge is -2.09. The van der Waals surface area contributed by atoms with Crippen molar-refractivity contribution in [1.82, 2.24) is 24.6 Å². The average molecular weight is 274 g/mol. The topological polar surface area (TPSA) is 75.9 Å². The number of carbonyl (C=O) groups is 1. The van der Waals surface area contributed by atoms with E-state index in [1.54, 1.807) is 38.8 Å². The molecule has 7 nitrogen and oxygen atoms in total. The van der Waals surface area contributed by atoms with Gasteiger partial charge in [0.1, 0.15) is 5.82 Å². The molecule has 0 aliphatic carbocycles. The van der Waals surface area contributed by atoms with Crippen LogP contribution in [0.5, 0.6) is 0 Å². The van der Waals surface area contributed by atoms with Crippen LogP contribution in [0.25, 0.3) is 0 Å². The van der Waals surface area contributed by atoms with E-state index in [1.165, 1.54) is 4.90 Å². The lowest BCUT2D eigenvalue weighted by molar-refractivity contribution is 0.0821. The van der Waals surface area contributed by atoms with Crippen molar-refractivity contribution in [2.45, 2.75) is 13.0 Å². The lowest BCUT2D eigenvalue weighted by atomic mass is 10.3. The standard InChI is InChI=1S/C13H18N6O/c1-18(2)13(20)11-4-5-12(17-16-11)15-6-3-8-19-9-7-14-10-19/h4-5,7,9-10H,3,6,8H2,1-2H3,(H,15,17). The molecule has 0 aromatic carbocycles. The van der Waals surface area contributed by atoms with Gasteiger partial charge in [-0.05, 0) is 18.6 Å². The zero-order valence-electron chi connectivity index (χ0n) is 11.7. The Bertz CT molecular complexity index is 534. The fraction of sp³-hybridized carbons (Fsp3) is 0.385. The second kappa shape index (κ2) is 6.65. The number of nitrogens with one attached hydrogen (secondary N) is 1. The number of nitrogens with zero attached hydrogens (tertiary/aromatic N) is 5. The van der Waals surface area contributed by atoms with E-state index in [2.05, 4.69) is 20.5 Å². The molecule has 2 aromatic heterocycles. The van der Waals surface area contributed by atoms with Crippen molar-refractivity contribution < 1.29 is 4.79 Å². The van der Waals surface area contributed by atoms with Gasteiger partial charge in [0.05, 0.1) is 6.33 Å². The highest BCUT2D eigenvalue weighted by atomic mass is 16.2.